The minimum atomic E-state index is -0.487. The van der Waals surface area contributed by atoms with Crippen LogP contribution in [-0.2, 0) is 14.3 Å². The number of carbonyl (C=O) groups is 2. The van der Waals surface area contributed by atoms with Gasteiger partial charge in [-0.05, 0) is 26.0 Å². The molecular weight excluding hydrogens is 314 g/mol. The maximum absolute atomic E-state index is 12.0. The predicted octanol–water partition coefficient (Wildman–Crippen LogP) is 0.372. The number of rotatable bonds is 6. The van der Waals surface area contributed by atoms with E-state index in [-0.39, 0.29) is 18.1 Å². The van der Waals surface area contributed by atoms with E-state index in [0.29, 0.717) is 31.4 Å². The minimum absolute atomic E-state index is 0.0236. The Kier molecular flexibility index (Phi) is 6.62. The third kappa shape index (κ3) is 5.27. The average molecular weight is 335 g/mol. The van der Waals surface area contributed by atoms with Gasteiger partial charge in [-0.3, -0.25) is 9.59 Å². The van der Waals surface area contributed by atoms with Gasteiger partial charge in [0.25, 0.3) is 5.91 Å². The molecule has 0 aromatic carbocycles. The molecule has 0 atom stereocenters. The molecule has 1 saturated heterocycles. The number of hydrogen-bond acceptors (Lipinski definition) is 8. The van der Waals surface area contributed by atoms with Crippen LogP contribution in [0, 0.1) is 0 Å². The summed E-state index contributed by atoms with van der Waals surface area (Å²) >= 11 is 0. The molecule has 1 aliphatic heterocycles. The summed E-state index contributed by atoms with van der Waals surface area (Å²) < 4.78 is 10.1. The fraction of sp³-hybridized carbons (Fsp3) is 0.533. The van der Waals surface area contributed by atoms with Crippen molar-refractivity contribution in [2.75, 3.05) is 37.8 Å². The van der Waals surface area contributed by atoms with Crippen molar-refractivity contribution in [3.8, 4) is 0 Å². The normalized spacial score (nSPS) is 15.1. The fourth-order valence-electron chi connectivity index (χ4n) is 2.07. The van der Waals surface area contributed by atoms with Gasteiger partial charge in [0, 0.05) is 18.8 Å². The Morgan fingerprint density at radius 1 is 1.33 bits per heavy atom. The zero-order valence-corrected chi connectivity index (χ0v) is 13.8. The van der Waals surface area contributed by atoms with Gasteiger partial charge in [0.15, 0.2) is 11.5 Å². The summed E-state index contributed by atoms with van der Waals surface area (Å²) in [6.07, 6.45) is 0.0236. The SMILES string of the molecule is CCOC(=O)C/C(C)=N/NC(=O)c1ccc(N2CCOCC2)nn1. The van der Waals surface area contributed by atoms with Crippen molar-refractivity contribution >= 4 is 23.4 Å². The van der Waals surface area contributed by atoms with Crippen molar-refractivity contribution in [2.45, 2.75) is 20.3 Å². The van der Waals surface area contributed by atoms with Crippen LogP contribution in [0.5, 0.6) is 0 Å². The van der Waals surface area contributed by atoms with Crippen molar-refractivity contribution in [2.24, 2.45) is 5.10 Å². The van der Waals surface area contributed by atoms with Crippen molar-refractivity contribution in [3.05, 3.63) is 17.8 Å². The van der Waals surface area contributed by atoms with Crippen LogP contribution < -0.4 is 10.3 Å². The first kappa shape index (κ1) is 17.8. The summed E-state index contributed by atoms with van der Waals surface area (Å²) in [5.41, 5.74) is 2.95. The monoisotopic (exact) mass is 335 g/mol. The summed E-state index contributed by atoms with van der Waals surface area (Å²) in [6, 6.07) is 3.33. The predicted molar refractivity (Wildman–Crippen MR) is 86.9 cm³/mol. The number of nitrogens with one attached hydrogen (secondary N) is 1. The molecule has 1 amide bonds. The van der Waals surface area contributed by atoms with Crippen molar-refractivity contribution < 1.29 is 19.1 Å². The van der Waals surface area contributed by atoms with Gasteiger partial charge in [-0.25, -0.2) is 5.43 Å². The van der Waals surface area contributed by atoms with Crippen LogP contribution in [0.25, 0.3) is 0 Å². The largest absolute Gasteiger partial charge is 0.466 e. The van der Waals surface area contributed by atoms with E-state index in [1.54, 1.807) is 26.0 Å². The Labute approximate surface area is 140 Å². The molecule has 0 unspecified atom stereocenters. The standard InChI is InChI=1S/C15H21N5O4/c1-3-24-14(21)10-11(2)16-19-15(22)12-4-5-13(18-17-12)20-6-8-23-9-7-20/h4-5H,3,6-10H2,1-2H3,(H,19,22)/b16-11+. The molecule has 1 fully saturated rings. The number of hydrazone groups is 1. The first-order chi connectivity index (χ1) is 11.6. The van der Waals surface area contributed by atoms with Crippen LogP contribution in [0.15, 0.2) is 17.2 Å². The summed E-state index contributed by atoms with van der Waals surface area (Å²) in [5.74, 6) is -0.168. The van der Waals surface area contributed by atoms with Gasteiger partial charge in [0.1, 0.15) is 0 Å². The highest BCUT2D eigenvalue weighted by atomic mass is 16.5. The number of esters is 1. The molecule has 0 aliphatic carbocycles. The topological polar surface area (TPSA) is 106 Å². The molecule has 9 heteroatoms. The van der Waals surface area contributed by atoms with E-state index in [1.807, 2.05) is 4.90 Å². The Bertz CT molecular complexity index is 596. The van der Waals surface area contributed by atoms with Crippen LogP contribution in [-0.4, -0.2) is 60.7 Å². The molecule has 0 saturated carbocycles. The van der Waals surface area contributed by atoms with Gasteiger partial charge in [-0.2, -0.15) is 5.10 Å². The van der Waals surface area contributed by atoms with Gasteiger partial charge in [0.05, 0.1) is 26.2 Å². The summed E-state index contributed by atoms with van der Waals surface area (Å²) in [5, 5.41) is 11.8. The van der Waals surface area contributed by atoms with Crippen LogP contribution in [0.1, 0.15) is 30.8 Å². The van der Waals surface area contributed by atoms with Crippen LogP contribution in [0.4, 0.5) is 5.82 Å². The Morgan fingerprint density at radius 3 is 2.71 bits per heavy atom. The van der Waals surface area contributed by atoms with Gasteiger partial charge in [-0.1, -0.05) is 0 Å². The molecule has 0 spiro atoms. The van der Waals surface area contributed by atoms with E-state index in [4.69, 9.17) is 9.47 Å². The first-order valence-electron chi connectivity index (χ1n) is 7.75. The number of amides is 1. The van der Waals surface area contributed by atoms with Crippen molar-refractivity contribution in [1.29, 1.82) is 0 Å². The highest BCUT2D eigenvalue weighted by Crippen LogP contribution is 2.11. The smallest absolute Gasteiger partial charge is 0.311 e. The molecule has 130 valence electrons. The van der Waals surface area contributed by atoms with Gasteiger partial charge < -0.3 is 14.4 Å². The molecule has 1 aromatic heterocycles. The lowest BCUT2D eigenvalue weighted by atomic mass is 10.3. The fourth-order valence-corrected chi connectivity index (χ4v) is 2.07. The highest BCUT2D eigenvalue weighted by Gasteiger charge is 2.14. The Balaban J connectivity index is 1.89. The number of ether oxygens (including phenoxy) is 2. The first-order valence-corrected chi connectivity index (χ1v) is 7.75. The Morgan fingerprint density at radius 2 is 2.08 bits per heavy atom. The molecule has 1 N–H and O–H groups in total. The maximum Gasteiger partial charge on any atom is 0.311 e. The number of nitrogens with zero attached hydrogens (tertiary/aromatic N) is 4. The van der Waals surface area contributed by atoms with Crippen LogP contribution >= 0.6 is 0 Å². The number of morpholine rings is 1. The van der Waals surface area contributed by atoms with Gasteiger partial charge in [-0.15, -0.1) is 10.2 Å². The molecule has 1 aliphatic rings. The second-order valence-corrected chi connectivity index (χ2v) is 5.15. The van der Waals surface area contributed by atoms with E-state index < -0.39 is 5.91 Å². The summed E-state index contributed by atoms with van der Waals surface area (Å²) in [6.45, 7) is 6.46. The van der Waals surface area contributed by atoms with Crippen molar-refractivity contribution in [3.63, 3.8) is 0 Å². The van der Waals surface area contributed by atoms with Crippen LogP contribution in [0.2, 0.25) is 0 Å². The lowest BCUT2D eigenvalue weighted by Gasteiger charge is -2.27. The maximum atomic E-state index is 12.0. The number of aromatic nitrogens is 2. The Hall–Kier alpha value is -2.55. The summed E-state index contributed by atoms with van der Waals surface area (Å²) in [7, 11) is 0. The zero-order valence-electron chi connectivity index (χ0n) is 13.8. The molecule has 9 nitrogen and oxygen atoms in total. The van der Waals surface area contributed by atoms with Crippen LogP contribution in [0.3, 0.4) is 0 Å². The lowest BCUT2D eigenvalue weighted by molar-refractivity contribution is -0.141. The second-order valence-electron chi connectivity index (χ2n) is 5.15. The number of anilines is 1. The number of hydrogen-bond donors (Lipinski definition) is 1. The third-order valence-corrected chi connectivity index (χ3v) is 3.27. The molecule has 0 bridgehead atoms. The molecule has 2 heterocycles. The quantitative estimate of drug-likeness (QED) is 0.455. The molecule has 24 heavy (non-hydrogen) atoms. The van der Waals surface area contributed by atoms with Gasteiger partial charge >= 0.3 is 5.97 Å². The van der Waals surface area contributed by atoms with E-state index in [9.17, 15) is 9.59 Å². The molecular formula is C15H21N5O4. The van der Waals surface area contributed by atoms with E-state index >= 15 is 0 Å². The van der Waals surface area contributed by atoms with Crippen molar-refractivity contribution in [1.82, 2.24) is 15.6 Å². The number of carbonyl (C=O) groups excluding carboxylic acids is 2. The summed E-state index contributed by atoms with van der Waals surface area (Å²) in [4.78, 5) is 25.3. The van der Waals surface area contributed by atoms with Gasteiger partial charge in [0.2, 0.25) is 0 Å². The molecule has 1 aromatic rings. The minimum Gasteiger partial charge on any atom is -0.466 e. The highest BCUT2D eigenvalue weighted by molar-refractivity contribution is 5.99. The molecule has 0 radical (unpaired) electrons. The lowest BCUT2D eigenvalue weighted by Crippen LogP contribution is -2.37. The second kappa shape index (κ2) is 8.92. The third-order valence-electron chi connectivity index (χ3n) is 3.27. The van der Waals surface area contributed by atoms with E-state index in [1.165, 1.54) is 0 Å². The average Bonchev–Trinajstić information content (AvgIpc) is 2.61. The zero-order chi connectivity index (χ0) is 17.4. The molecule has 2 rings (SSSR count). The van der Waals surface area contributed by atoms with E-state index in [2.05, 4.69) is 20.7 Å². The van der Waals surface area contributed by atoms with E-state index in [0.717, 1.165) is 13.1 Å².